The fourth-order valence-electron chi connectivity index (χ4n) is 2.50. The summed E-state index contributed by atoms with van der Waals surface area (Å²) in [6.07, 6.45) is 11.5. The molecule has 0 N–H and O–H groups in total. The second-order valence-electron chi connectivity index (χ2n) is 5.09. The van der Waals surface area contributed by atoms with Crippen LogP contribution in [-0.2, 0) is 0 Å². The Kier molecular flexibility index (Phi) is 4.13. The highest BCUT2D eigenvalue weighted by Crippen LogP contribution is 2.28. The molecule has 1 unspecified atom stereocenters. The van der Waals surface area contributed by atoms with Crippen molar-refractivity contribution < 1.29 is 0 Å². The Hall–Kier alpha value is -3.44. The van der Waals surface area contributed by atoms with E-state index < -0.39 is 0 Å². The number of aromatic nitrogens is 3. The van der Waals surface area contributed by atoms with Gasteiger partial charge >= 0.3 is 0 Å². The second-order valence-corrected chi connectivity index (χ2v) is 5.09. The van der Waals surface area contributed by atoms with Gasteiger partial charge in [0.05, 0.1) is 17.7 Å². The number of rotatable bonds is 3. The summed E-state index contributed by atoms with van der Waals surface area (Å²) in [7, 11) is 0. The first-order valence-electron chi connectivity index (χ1n) is 7.13. The summed E-state index contributed by atoms with van der Waals surface area (Å²) in [5.41, 5.74) is 3.33. The van der Waals surface area contributed by atoms with E-state index >= 15 is 0 Å². The van der Waals surface area contributed by atoms with E-state index in [4.69, 9.17) is 10.5 Å². The Bertz CT molecular complexity index is 856. The van der Waals surface area contributed by atoms with Crippen LogP contribution in [0.5, 0.6) is 0 Å². The number of allylic oxidation sites excluding steroid dienone is 6. The van der Waals surface area contributed by atoms with Crippen LogP contribution in [0.15, 0.2) is 72.4 Å². The van der Waals surface area contributed by atoms with Crippen molar-refractivity contribution in [2.75, 3.05) is 0 Å². The molecule has 1 aliphatic rings. The average molecular weight is 299 g/mol. The topological polar surface area (TPSA) is 78.3 Å². The molecule has 0 spiro atoms. The summed E-state index contributed by atoms with van der Waals surface area (Å²) in [6, 6.07) is 11.6. The van der Waals surface area contributed by atoms with Crippen molar-refractivity contribution in [3.05, 3.63) is 83.5 Å². The third-order valence-corrected chi connectivity index (χ3v) is 3.64. The predicted octanol–water partition coefficient (Wildman–Crippen LogP) is 3.08. The van der Waals surface area contributed by atoms with Gasteiger partial charge in [-0.1, -0.05) is 30.4 Å². The summed E-state index contributed by atoms with van der Waals surface area (Å²) < 4.78 is 1.77. The predicted molar refractivity (Wildman–Crippen MR) is 84.9 cm³/mol. The SMILES string of the molecule is N#CC1=CC=C(C(c2ccc(C#N)cc2)n2cncn2)C=CC1. The van der Waals surface area contributed by atoms with E-state index in [1.807, 2.05) is 36.4 Å². The largest absolute Gasteiger partial charge is 0.241 e. The van der Waals surface area contributed by atoms with Crippen LogP contribution in [0.1, 0.15) is 23.6 Å². The smallest absolute Gasteiger partial charge is 0.137 e. The quantitative estimate of drug-likeness (QED) is 0.872. The summed E-state index contributed by atoms with van der Waals surface area (Å²) >= 11 is 0. The summed E-state index contributed by atoms with van der Waals surface area (Å²) in [5, 5.41) is 22.3. The standard InChI is InChI=1S/C18H13N5/c19-10-14-2-1-3-16(7-4-14)18(23-13-21-12-22-23)17-8-5-15(11-20)6-9-17/h1,3-9,12-13,18H,2H2. The van der Waals surface area contributed by atoms with Gasteiger partial charge in [0.2, 0.25) is 0 Å². The van der Waals surface area contributed by atoms with Crippen LogP contribution < -0.4 is 0 Å². The van der Waals surface area contributed by atoms with Crippen LogP contribution in [0, 0.1) is 22.7 Å². The maximum Gasteiger partial charge on any atom is 0.137 e. The van der Waals surface area contributed by atoms with Crippen LogP contribution in [-0.4, -0.2) is 14.8 Å². The van der Waals surface area contributed by atoms with E-state index in [2.05, 4.69) is 22.2 Å². The van der Waals surface area contributed by atoms with Crippen LogP contribution in [0.3, 0.4) is 0 Å². The van der Waals surface area contributed by atoms with Crippen LogP contribution in [0.4, 0.5) is 0 Å². The third kappa shape index (κ3) is 3.09. The minimum absolute atomic E-state index is 0.157. The molecule has 5 heteroatoms. The molecule has 1 aliphatic carbocycles. The van der Waals surface area contributed by atoms with Gasteiger partial charge in [0.15, 0.2) is 0 Å². The first-order chi connectivity index (χ1) is 11.3. The highest BCUT2D eigenvalue weighted by Gasteiger charge is 2.18. The van der Waals surface area contributed by atoms with Gasteiger partial charge in [0.25, 0.3) is 0 Å². The number of hydrogen-bond donors (Lipinski definition) is 0. The third-order valence-electron chi connectivity index (χ3n) is 3.64. The molecule has 0 aliphatic heterocycles. The van der Waals surface area contributed by atoms with Crippen molar-refractivity contribution in [2.24, 2.45) is 0 Å². The summed E-state index contributed by atoms with van der Waals surface area (Å²) in [5.74, 6) is 0. The highest BCUT2D eigenvalue weighted by atomic mass is 15.3. The average Bonchev–Trinajstić information content (AvgIpc) is 3.01. The van der Waals surface area contributed by atoms with Gasteiger partial charge in [-0.05, 0) is 29.3 Å². The Labute approximate surface area is 134 Å². The molecule has 0 saturated heterocycles. The Morgan fingerprint density at radius 3 is 2.57 bits per heavy atom. The molecule has 2 aromatic rings. The highest BCUT2D eigenvalue weighted by molar-refractivity contribution is 5.43. The molecular formula is C18H13N5. The lowest BCUT2D eigenvalue weighted by Gasteiger charge is -2.19. The Morgan fingerprint density at radius 1 is 1.09 bits per heavy atom. The van der Waals surface area contributed by atoms with E-state index in [1.165, 1.54) is 6.33 Å². The van der Waals surface area contributed by atoms with Gasteiger partial charge in [-0.25, -0.2) is 9.67 Å². The van der Waals surface area contributed by atoms with E-state index in [9.17, 15) is 0 Å². The monoisotopic (exact) mass is 299 g/mol. The van der Waals surface area contributed by atoms with Gasteiger partial charge in [0.1, 0.15) is 18.7 Å². The molecule has 0 saturated carbocycles. The zero-order valence-corrected chi connectivity index (χ0v) is 12.3. The molecular weight excluding hydrogens is 286 g/mol. The van der Waals surface area contributed by atoms with E-state index in [0.717, 1.165) is 11.1 Å². The molecule has 0 radical (unpaired) electrons. The summed E-state index contributed by atoms with van der Waals surface area (Å²) in [4.78, 5) is 4.03. The lowest BCUT2D eigenvalue weighted by molar-refractivity contribution is 0.593. The Morgan fingerprint density at radius 2 is 1.91 bits per heavy atom. The minimum atomic E-state index is -0.157. The number of nitrogens with zero attached hydrogens (tertiary/aromatic N) is 5. The van der Waals surface area contributed by atoms with Gasteiger partial charge in [-0.3, -0.25) is 0 Å². The fraction of sp³-hybridized carbons (Fsp3) is 0.111. The molecule has 23 heavy (non-hydrogen) atoms. The van der Waals surface area contributed by atoms with Gasteiger partial charge in [-0.2, -0.15) is 15.6 Å². The van der Waals surface area contributed by atoms with Crippen LogP contribution in [0.2, 0.25) is 0 Å². The van der Waals surface area contributed by atoms with Crippen LogP contribution >= 0.6 is 0 Å². The van der Waals surface area contributed by atoms with Gasteiger partial charge in [-0.15, -0.1) is 0 Å². The van der Waals surface area contributed by atoms with Crippen molar-refractivity contribution in [2.45, 2.75) is 12.5 Å². The minimum Gasteiger partial charge on any atom is -0.241 e. The van der Waals surface area contributed by atoms with E-state index in [1.54, 1.807) is 23.1 Å². The van der Waals surface area contributed by atoms with Crippen molar-refractivity contribution >= 4 is 0 Å². The lowest BCUT2D eigenvalue weighted by Crippen LogP contribution is -2.13. The maximum atomic E-state index is 9.06. The first-order valence-corrected chi connectivity index (χ1v) is 7.13. The number of nitriles is 2. The number of hydrogen-bond acceptors (Lipinski definition) is 4. The second kappa shape index (κ2) is 6.55. The maximum absolute atomic E-state index is 9.06. The molecule has 5 nitrogen and oxygen atoms in total. The van der Waals surface area contributed by atoms with Crippen molar-refractivity contribution in [3.8, 4) is 12.1 Å². The number of benzene rings is 1. The van der Waals surface area contributed by atoms with E-state index in [-0.39, 0.29) is 6.04 Å². The van der Waals surface area contributed by atoms with Gasteiger partial charge in [0, 0.05) is 12.0 Å². The Balaban J connectivity index is 2.07. The lowest BCUT2D eigenvalue weighted by atomic mass is 9.97. The summed E-state index contributed by atoms with van der Waals surface area (Å²) in [6.45, 7) is 0. The van der Waals surface area contributed by atoms with E-state index in [0.29, 0.717) is 17.6 Å². The first kappa shape index (κ1) is 14.5. The van der Waals surface area contributed by atoms with Crippen molar-refractivity contribution in [1.29, 1.82) is 10.5 Å². The van der Waals surface area contributed by atoms with Crippen LogP contribution in [0.25, 0.3) is 0 Å². The fourth-order valence-corrected chi connectivity index (χ4v) is 2.50. The zero-order chi connectivity index (χ0) is 16.1. The molecule has 1 heterocycles. The molecule has 3 rings (SSSR count). The molecule has 1 atom stereocenters. The zero-order valence-electron chi connectivity index (χ0n) is 12.3. The molecule has 1 aromatic heterocycles. The molecule has 110 valence electrons. The van der Waals surface area contributed by atoms with Crippen molar-refractivity contribution in [3.63, 3.8) is 0 Å². The molecule has 1 aromatic carbocycles. The molecule has 0 bridgehead atoms. The van der Waals surface area contributed by atoms with Gasteiger partial charge < -0.3 is 0 Å². The molecule has 0 amide bonds. The molecule has 0 fully saturated rings. The van der Waals surface area contributed by atoms with Crippen molar-refractivity contribution in [1.82, 2.24) is 14.8 Å². The normalized spacial score (nSPS) is 14.9.